The van der Waals surface area contributed by atoms with E-state index in [1.165, 1.54) is 32.1 Å². The lowest BCUT2D eigenvalue weighted by Gasteiger charge is -2.59. The Kier molecular flexibility index (Phi) is 4.09. The molecule has 4 fully saturated rings. The minimum absolute atomic E-state index is 0.0319. The van der Waals surface area contributed by atoms with Gasteiger partial charge in [0.05, 0.1) is 0 Å². The van der Waals surface area contributed by atoms with E-state index < -0.39 is 0 Å². The number of benzene rings is 1. The van der Waals surface area contributed by atoms with Gasteiger partial charge in [-0.15, -0.1) is 0 Å². The summed E-state index contributed by atoms with van der Waals surface area (Å²) in [6, 6.07) is 5.37. The van der Waals surface area contributed by atoms with Crippen molar-refractivity contribution in [3.63, 3.8) is 0 Å². The Bertz CT molecular complexity index is 650. The SMILES string of the molecule is CCC(C)c1ccc(O)c(C(=O)OC2(C)C3CC4CC(C3)CC2C4)c1. The zero-order valence-corrected chi connectivity index (χ0v) is 15.6. The molecule has 136 valence electrons. The lowest BCUT2D eigenvalue weighted by molar-refractivity contribution is -0.165. The van der Waals surface area contributed by atoms with Crippen LogP contribution in [0.3, 0.4) is 0 Å². The van der Waals surface area contributed by atoms with Crippen LogP contribution in [0, 0.1) is 23.7 Å². The lowest BCUT2D eigenvalue weighted by Crippen LogP contribution is -2.58. The molecule has 1 N–H and O–H groups in total. The van der Waals surface area contributed by atoms with Crippen LogP contribution < -0.4 is 0 Å². The summed E-state index contributed by atoms with van der Waals surface area (Å²) < 4.78 is 6.15. The highest BCUT2D eigenvalue weighted by Crippen LogP contribution is 2.59. The average Bonchev–Trinajstić information content (AvgIpc) is 2.59. The summed E-state index contributed by atoms with van der Waals surface area (Å²) in [5, 5.41) is 10.2. The van der Waals surface area contributed by atoms with Gasteiger partial charge in [-0.2, -0.15) is 0 Å². The van der Waals surface area contributed by atoms with Gasteiger partial charge in [-0.05, 0) is 92.7 Å². The number of carbonyl (C=O) groups excluding carboxylic acids is 1. The molecule has 4 aliphatic rings. The Morgan fingerprint density at radius 1 is 1.20 bits per heavy atom. The highest BCUT2D eigenvalue weighted by molar-refractivity contribution is 5.93. The molecule has 4 saturated carbocycles. The first-order chi connectivity index (χ1) is 11.9. The van der Waals surface area contributed by atoms with Crippen molar-refractivity contribution in [2.24, 2.45) is 23.7 Å². The van der Waals surface area contributed by atoms with Crippen molar-refractivity contribution < 1.29 is 14.6 Å². The van der Waals surface area contributed by atoms with Gasteiger partial charge in [0.1, 0.15) is 16.9 Å². The smallest absolute Gasteiger partial charge is 0.342 e. The molecule has 0 amide bonds. The van der Waals surface area contributed by atoms with Gasteiger partial charge >= 0.3 is 5.97 Å². The van der Waals surface area contributed by atoms with Crippen LogP contribution in [0.5, 0.6) is 5.75 Å². The molecule has 0 aromatic heterocycles. The zero-order valence-electron chi connectivity index (χ0n) is 15.6. The number of hydrogen-bond donors (Lipinski definition) is 1. The van der Waals surface area contributed by atoms with E-state index in [0.717, 1.165) is 23.8 Å². The van der Waals surface area contributed by atoms with Crippen LogP contribution in [-0.4, -0.2) is 16.7 Å². The fourth-order valence-corrected chi connectivity index (χ4v) is 5.80. The molecule has 4 aliphatic carbocycles. The Morgan fingerprint density at radius 3 is 2.36 bits per heavy atom. The van der Waals surface area contributed by atoms with Crippen LogP contribution in [0.4, 0.5) is 0 Å². The van der Waals surface area contributed by atoms with Crippen molar-refractivity contribution in [2.75, 3.05) is 0 Å². The highest BCUT2D eigenvalue weighted by atomic mass is 16.6. The fraction of sp³-hybridized carbons (Fsp3) is 0.682. The third kappa shape index (κ3) is 2.76. The fourth-order valence-electron chi connectivity index (χ4n) is 5.80. The molecule has 0 heterocycles. The molecule has 25 heavy (non-hydrogen) atoms. The first kappa shape index (κ1) is 16.9. The Labute approximate surface area is 150 Å². The van der Waals surface area contributed by atoms with Gasteiger partial charge in [-0.25, -0.2) is 4.79 Å². The number of carbonyl (C=O) groups is 1. The molecule has 0 radical (unpaired) electrons. The van der Waals surface area contributed by atoms with E-state index in [9.17, 15) is 9.90 Å². The molecule has 0 aliphatic heterocycles. The van der Waals surface area contributed by atoms with Crippen molar-refractivity contribution in [2.45, 2.75) is 70.8 Å². The minimum atomic E-state index is -0.358. The maximum absolute atomic E-state index is 12.9. The number of ether oxygens (including phenoxy) is 1. The lowest BCUT2D eigenvalue weighted by atomic mass is 9.50. The van der Waals surface area contributed by atoms with E-state index >= 15 is 0 Å². The quantitative estimate of drug-likeness (QED) is 0.758. The van der Waals surface area contributed by atoms with Gasteiger partial charge in [0.25, 0.3) is 0 Å². The van der Waals surface area contributed by atoms with E-state index in [4.69, 9.17) is 4.74 Å². The topological polar surface area (TPSA) is 46.5 Å². The van der Waals surface area contributed by atoms with Crippen LogP contribution in [0.25, 0.3) is 0 Å². The molecule has 1 atom stereocenters. The van der Waals surface area contributed by atoms with Crippen LogP contribution in [0.1, 0.15) is 81.1 Å². The summed E-state index contributed by atoms with van der Waals surface area (Å²) in [6.45, 7) is 6.42. The standard InChI is InChI=1S/C22H30O3/c1-4-13(2)16-5-6-20(23)19(12-16)21(24)25-22(3)17-8-14-7-15(10-17)11-18(22)9-14/h5-6,12-15,17-18,23H,4,7-11H2,1-3H3. The normalized spacial score (nSPS) is 37.1. The predicted molar refractivity (Wildman–Crippen MR) is 97.7 cm³/mol. The zero-order chi connectivity index (χ0) is 17.8. The molecule has 4 bridgehead atoms. The summed E-state index contributed by atoms with van der Waals surface area (Å²) in [5.74, 6) is 2.72. The predicted octanol–water partition coefficient (Wildman–Crippen LogP) is 5.28. The third-order valence-electron chi connectivity index (χ3n) is 7.49. The largest absolute Gasteiger partial charge is 0.507 e. The van der Waals surface area contributed by atoms with Crippen LogP contribution in [0.15, 0.2) is 18.2 Å². The number of phenolic OH excluding ortho intramolecular Hbond substituents is 1. The number of phenols is 1. The first-order valence-corrected chi connectivity index (χ1v) is 9.97. The summed E-state index contributed by atoms with van der Waals surface area (Å²) in [7, 11) is 0. The van der Waals surface area contributed by atoms with Gasteiger partial charge in [0.2, 0.25) is 0 Å². The highest BCUT2D eigenvalue weighted by Gasteiger charge is 2.57. The maximum atomic E-state index is 12.9. The molecule has 3 nitrogen and oxygen atoms in total. The van der Waals surface area contributed by atoms with E-state index in [0.29, 0.717) is 23.3 Å². The molecular weight excluding hydrogens is 312 g/mol. The molecule has 5 rings (SSSR count). The first-order valence-electron chi connectivity index (χ1n) is 9.97. The van der Waals surface area contributed by atoms with Gasteiger partial charge in [0, 0.05) is 0 Å². The van der Waals surface area contributed by atoms with E-state index in [2.05, 4.69) is 20.8 Å². The number of aromatic hydroxyl groups is 1. The van der Waals surface area contributed by atoms with E-state index in [1.54, 1.807) is 6.07 Å². The minimum Gasteiger partial charge on any atom is -0.507 e. The van der Waals surface area contributed by atoms with E-state index in [-0.39, 0.29) is 17.3 Å². The number of esters is 1. The maximum Gasteiger partial charge on any atom is 0.342 e. The molecule has 1 aromatic rings. The number of rotatable bonds is 4. The molecule has 0 saturated heterocycles. The molecule has 1 aromatic carbocycles. The second kappa shape index (κ2) is 6.03. The van der Waals surface area contributed by atoms with Crippen molar-refractivity contribution >= 4 is 5.97 Å². The van der Waals surface area contributed by atoms with Crippen molar-refractivity contribution in [1.29, 1.82) is 0 Å². The average molecular weight is 342 g/mol. The van der Waals surface area contributed by atoms with Gasteiger partial charge in [-0.3, -0.25) is 0 Å². The molecule has 1 unspecified atom stereocenters. The molecule has 0 spiro atoms. The van der Waals surface area contributed by atoms with Crippen LogP contribution in [-0.2, 0) is 4.74 Å². The van der Waals surface area contributed by atoms with E-state index in [1.807, 2.05) is 12.1 Å². The summed E-state index contributed by atoms with van der Waals surface area (Å²) in [5.41, 5.74) is 1.05. The second-order valence-corrected chi connectivity index (χ2v) is 8.96. The molecule has 3 heteroatoms. The monoisotopic (exact) mass is 342 g/mol. The van der Waals surface area contributed by atoms with Crippen LogP contribution >= 0.6 is 0 Å². The number of hydrogen-bond acceptors (Lipinski definition) is 3. The van der Waals surface area contributed by atoms with Crippen LogP contribution in [0.2, 0.25) is 0 Å². The van der Waals surface area contributed by atoms with Gasteiger partial charge < -0.3 is 9.84 Å². The second-order valence-electron chi connectivity index (χ2n) is 8.96. The Hall–Kier alpha value is -1.51. The Morgan fingerprint density at radius 2 is 1.80 bits per heavy atom. The summed E-state index contributed by atoms with van der Waals surface area (Å²) >= 11 is 0. The molecular formula is C22H30O3. The summed E-state index contributed by atoms with van der Waals surface area (Å²) in [4.78, 5) is 12.9. The third-order valence-corrected chi connectivity index (χ3v) is 7.49. The van der Waals surface area contributed by atoms with Gasteiger partial charge in [0.15, 0.2) is 0 Å². The van der Waals surface area contributed by atoms with Crippen molar-refractivity contribution in [3.8, 4) is 5.75 Å². The van der Waals surface area contributed by atoms with Crippen molar-refractivity contribution in [3.05, 3.63) is 29.3 Å². The van der Waals surface area contributed by atoms with Gasteiger partial charge in [-0.1, -0.05) is 19.9 Å². The Balaban J connectivity index is 1.58. The van der Waals surface area contributed by atoms with Crippen molar-refractivity contribution in [1.82, 2.24) is 0 Å². The summed E-state index contributed by atoms with van der Waals surface area (Å²) in [6.07, 6.45) is 7.20.